The lowest BCUT2D eigenvalue weighted by Gasteiger charge is -2.22. The van der Waals surface area contributed by atoms with E-state index in [0.29, 0.717) is 0 Å². The average Bonchev–Trinajstić information content (AvgIpc) is 1.96. The lowest BCUT2D eigenvalue weighted by atomic mass is 10.2. The fraction of sp³-hybridized carbons (Fsp3) is 0.778. The Bertz CT molecular complexity index is 211. The molecule has 0 aliphatic rings. The topological polar surface area (TPSA) is 58.6 Å². The molecule has 0 rings (SSSR count). The van der Waals surface area contributed by atoms with Crippen LogP contribution in [-0.4, -0.2) is 34.3 Å². The molecule has 82 valence electrons. The van der Waals surface area contributed by atoms with E-state index in [1.165, 1.54) is 5.37 Å². The number of carbonyl (C=O) groups is 1. The van der Waals surface area contributed by atoms with Crippen LogP contribution in [0.2, 0.25) is 0 Å². The summed E-state index contributed by atoms with van der Waals surface area (Å²) in [6.45, 7) is 6.84. The Morgan fingerprint density at radius 3 is 2.36 bits per heavy atom. The van der Waals surface area contributed by atoms with Crippen molar-refractivity contribution in [3.63, 3.8) is 0 Å². The lowest BCUT2D eigenvalue weighted by molar-refractivity contribution is 0.0477. The Kier molecular flexibility index (Phi) is 5.01. The van der Waals surface area contributed by atoms with Crippen molar-refractivity contribution >= 4 is 23.7 Å². The zero-order valence-corrected chi connectivity index (χ0v) is 9.72. The van der Waals surface area contributed by atoms with E-state index in [9.17, 15) is 9.90 Å². The lowest BCUT2D eigenvalue weighted by Crippen LogP contribution is -2.45. The van der Waals surface area contributed by atoms with Crippen LogP contribution >= 0.6 is 12.2 Å². The third-order valence-corrected chi connectivity index (χ3v) is 1.64. The number of ether oxygens (including phenoxy) is 1. The Morgan fingerprint density at radius 1 is 1.57 bits per heavy atom. The van der Waals surface area contributed by atoms with Gasteiger partial charge in [0, 0.05) is 5.37 Å². The largest absolute Gasteiger partial charge is 0.444 e. The van der Waals surface area contributed by atoms with Crippen LogP contribution in [0.5, 0.6) is 0 Å². The molecule has 0 aliphatic heterocycles. The Labute approximate surface area is 89.6 Å². The summed E-state index contributed by atoms with van der Waals surface area (Å²) in [5.41, 5.74) is -0.547. The molecule has 1 unspecified atom stereocenters. The Morgan fingerprint density at radius 2 is 2.07 bits per heavy atom. The van der Waals surface area contributed by atoms with Gasteiger partial charge in [-0.2, -0.15) is 0 Å². The van der Waals surface area contributed by atoms with Crippen molar-refractivity contribution in [3.05, 3.63) is 0 Å². The third-order valence-electron chi connectivity index (χ3n) is 1.35. The number of amides is 1. The average molecular weight is 219 g/mol. The summed E-state index contributed by atoms with van der Waals surface area (Å²) >= 11 is 4.65. The van der Waals surface area contributed by atoms with Crippen molar-refractivity contribution < 1.29 is 14.6 Å². The quantitative estimate of drug-likeness (QED) is 0.702. The van der Waals surface area contributed by atoms with Crippen LogP contribution in [0.3, 0.4) is 0 Å². The van der Waals surface area contributed by atoms with E-state index in [1.807, 2.05) is 0 Å². The summed E-state index contributed by atoms with van der Waals surface area (Å²) < 4.78 is 4.99. The van der Waals surface area contributed by atoms with Gasteiger partial charge in [-0.3, -0.25) is 0 Å². The first-order valence-electron chi connectivity index (χ1n) is 4.39. The Balaban J connectivity index is 4.11. The molecule has 14 heavy (non-hydrogen) atoms. The van der Waals surface area contributed by atoms with Gasteiger partial charge in [-0.05, 0) is 27.7 Å². The molecule has 2 N–H and O–H groups in total. The van der Waals surface area contributed by atoms with E-state index < -0.39 is 23.8 Å². The van der Waals surface area contributed by atoms with E-state index in [2.05, 4.69) is 17.5 Å². The molecule has 0 saturated carbocycles. The first-order valence-corrected chi connectivity index (χ1v) is 4.86. The number of thiocarbonyl (C=S) groups is 1. The van der Waals surface area contributed by atoms with Crippen molar-refractivity contribution in [2.45, 2.75) is 45.4 Å². The molecular formula is C9H17NO3S. The highest BCUT2D eigenvalue weighted by Gasteiger charge is 2.20. The van der Waals surface area contributed by atoms with Gasteiger partial charge in [-0.25, -0.2) is 4.79 Å². The maximum absolute atomic E-state index is 11.2. The molecule has 0 aromatic rings. The molecule has 4 nitrogen and oxygen atoms in total. The third kappa shape index (κ3) is 5.88. The molecule has 0 spiro atoms. The maximum atomic E-state index is 11.2. The van der Waals surface area contributed by atoms with E-state index in [-0.39, 0.29) is 0 Å². The molecule has 0 radical (unpaired) electrons. The van der Waals surface area contributed by atoms with Crippen LogP contribution in [0.15, 0.2) is 0 Å². The summed E-state index contributed by atoms with van der Waals surface area (Å²) in [4.78, 5) is 11.2. The minimum Gasteiger partial charge on any atom is -0.444 e. The van der Waals surface area contributed by atoms with Gasteiger partial charge in [0.15, 0.2) is 0 Å². The minimum atomic E-state index is -0.722. The van der Waals surface area contributed by atoms with Crippen molar-refractivity contribution in [2.75, 3.05) is 0 Å². The summed E-state index contributed by atoms with van der Waals surface area (Å²) in [5.74, 6) is 0. The zero-order chi connectivity index (χ0) is 11.4. The van der Waals surface area contributed by atoms with Crippen molar-refractivity contribution in [2.24, 2.45) is 0 Å². The molecule has 0 fully saturated rings. The monoisotopic (exact) mass is 219 g/mol. The van der Waals surface area contributed by atoms with Crippen LogP contribution in [0.1, 0.15) is 27.7 Å². The van der Waals surface area contributed by atoms with Gasteiger partial charge < -0.3 is 15.2 Å². The van der Waals surface area contributed by atoms with E-state index >= 15 is 0 Å². The summed E-state index contributed by atoms with van der Waals surface area (Å²) in [6, 6.07) is -0.556. The summed E-state index contributed by atoms with van der Waals surface area (Å²) in [7, 11) is 0. The van der Waals surface area contributed by atoms with Crippen molar-refractivity contribution in [3.8, 4) is 0 Å². The van der Waals surface area contributed by atoms with Crippen LogP contribution in [-0.2, 0) is 4.74 Å². The minimum absolute atomic E-state index is 0.547. The van der Waals surface area contributed by atoms with E-state index in [0.717, 1.165) is 0 Å². The van der Waals surface area contributed by atoms with Crippen LogP contribution < -0.4 is 5.32 Å². The van der Waals surface area contributed by atoms with Crippen LogP contribution in [0.4, 0.5) is 4.79 Å². The number of carbonyl (C=O) groups excluding carboxylic acids is 1. The second-order valence-corrected chi connectivity index (χ2v) is 4.32. The first kappa shape index (κ1) is 13.3. The fourth-order valence-electron chi connectivity index (χ4n) is 0.712. The highest BCUT2D eigenvalue weighted by Crippen LogP contribution is 2.06. The molecule has 0 aromatic heterocycles. The SMILES string of the molecule is CC(O)[C@@H](C=S)NC(=O)OC(C)(C)C. The van der Waals surface area contributed by atoms with Gasteiger partial charge in [0.1, 0.15) is 5.60 Å². The van der Waals surface area contributed by atoms with Crippen LogP contribution in [0.25, 0.3) is 0 Å². The molecule has 0 aliphatic carbocycles. The predicted octanol–water partition coefficient (Wildman–Crippen LogP) is 1.26. The Hall–Kier alpha value is -0.680. The van der Waals surface area contributed by atoms with Crippen molar-refractivity contribution in [1.29, 1.82) is 0 Å². The second kappa shape index (κ2) is 5.26. The zero-order valence-electron chi connectivity index (χ0n) is 8.90. The molecule has 5 heteroatoms. The standard InChI is InChI=1S/C9H17NO3S/c1-6(11)7(5-14)10-8(12)13-9(2,3)4/h5-7,11H,1-4H3,(H,10,12)/t6?,7-/m1/s1. The summed E-state index contributed by atoms with van der Waals surface area (Å²) in [6.07, 6.45) is -1.30. The molecule has 2 atom stereocenters. The molecule has 0 saturated heterocycles. The predicted molar refractivity (Wildman–Crippen MR) is 58.5 cm³/mol. The highest BCUT2D eigenvalue weighted by molar-refractivity contribution is 7.79. The summed E-state index contributed by atoms with van der Waals surface area (Å²) in [5, 5.41) is 12.9. The van der Waals surface area contributed by atoms with Gasteiger partial charge in [0.25, 0.3) is 0 Å². The number of aliphatic hydroxyl groups is 1. The van der Waals surface area contributed by atoms with Gasteiger partial charge in [0.05, 0.1) is 12.1 Å². The first-order chi connectivity index (χ1) is 6.26. The number of hydrogen-bond donors (Lipinski definition) is 2. The number of hydrogen-bond acceptors (Lipinski definition) is 4. The smallest absolute Gasteiger partial charge is 0.408 e. The number of aliphatic hydroxyl groups excluding tert-OH is 1. The molecule has 1 amide bonds. The molecule has 0 bridgehead atoms. The maximum Gasteiger partial charge on any atom is 0.408 e. The van der Waals surface area contributed by atoms with Gasteiger partial charge >= 0.3 is 6.09 Å². The van der Waals surface area contributed by atoms with Crippen LogP contribution in [0, 0.1) is 0 Å². The highest BCUT2D eigenvalue weighted by atomic mass is 32.1. The van der Waals surface area contributed by atoms with Gasteiger partial charge in [-0.1, -0.05) is 12.2 Å². The molecule has 0 aromatic carbocycles. The number of alkyl carbamates (subject to hydrolysis) is 1. The number of rotatable bonds is 3. The van der Waals surface area contributed by atoms with E-state index in [4.69, 9.17) is 4.74 Å². The molecule has 0 heterocycles. The normalized spacial score (nSPS) is 15.5. The molecular weight excluding hydrogens is 202 g/mol. The fourth-order valence-corrected chi connectivity index (χ4v) is 1.01. The van der Waals surface area contributed by atoms with Crippen molar-refractivity contribution in [1.82, 2.24) is 5.32 Å². The van der Waals surface area contributed by atoms with Gasteiger partial charge in [-0.15, -0.1) is 0 Å². The van der Waals surface area contributed by atoms with Gasteiger partial charge in [0.2, 0.25) is 0 Å². The second-order valence-electron chi connectivity index (χ2n) is 4.05. The van der Waals surface area contributed by atoms with E-state index in [1.54, 1.807) is 27.7 Å². The number of nitrogens with one attached hydrogen (secondary N) is 1.